The Morgan fingerprint density at radius 1 is 1.53 bits per heavy atom. The molecule has 0 bridgehead atoms. The molecular weight excluding hydrogens is 215 g/mol. The fourth-order valence-electron chi connectivity index (χ4n) is 2.20. The molecule has 1 aliphatic carbocycles. The Bertz CT molecular complexity index is 432. The Labute approximate surface area is 101 Å². The van der Waals surface area contributed by atoms with Gasteiger partial charge in [-0.2, -0.15) is 5.26 Å². The molecule has 0 aliphatic heterocycles. The minimum absolute atomic E-state index is 0.280. The first kappa shape index (κ1) is 12.1. The molecule has 1 aromatic rings. The maximum Gasteiger partial charge on any atom is 0.123 e. The fourth-order valence-corrected chi connectivity index (χ4v) is 2.20. The van der Waals surface area contributed by atoms with Gasteiger partial charge in [-0.3, -0.25) is 0 Å². The van der Waals surface area contributed by atoms with Crippen LogP contribution in [-0.4, -0.2) is 6.04 Å². The third-order valence-electron chi connectivity index (χ3n) is 3.66. The van der Waals surface area contributed by atoms with Crippen molar-refractivity contribution >= 4 is 0 Å². The van der Waals surface area contributed by atoms with E-state index in [-0.39, 0.29) is 5.82 Å². The summed E-state index contributed by atoms with van der Waals surface area (Å²) >= 11 is 0. The van der Waals surface area contributed by atoms with E-state index in [1.807, 2.05) is 0 Å². The van der Waals surface area contributed by atoms with Gasteiger partial charge in [-0.05, 0) is 49.4 Å². The van der Waals surface area contributed by atoms with Crippen LogP contribution >= 0.6 is 0 Å². The molecule has 0 radical (unpaired) electrons. The van der Waals surface area contributed by atoms with E-state index >= 15 is 0 Å². The van der Waals surface area contributed by atoms with Gasteiger partial charge in [0.15, 0.2) is 0 Å². The normalized spacial score (nSPS) is 17.2. The van der Waals surface area contributed by atoms with Gasteiger partial charge in [0.25, 0.3) is 0 Å². The zero-order chi connectivity index (χ0) is 12.3. The van der Waals surface area contributed by atoms with E-state index in [9.17, 15) is 4.39 Å². The summed E-state index contributed by atoms with van der Waals surface area (Å²) in [6, 6.07) is 6.86. The topological polar surface area (TPSA) is 35.8 Å². The van der Waals surface area contributed by atoms with Gasteiger partial charge in [0.1, 0.15) is 5.82 Å². The molecule has 1 aliphatic rings. The quantitative estimate of drug-likeness (QED) is 0.866. The minimum atomic E-state index is -0.280. The highest BCUT2D eigenvalue weighted by Gasteiger charge is 2.23. The summed E-state index contributed by atoms with van der Waals surface area (Å²) in [5.74, 6) is 0.464. The lowest BCUT2D eigenvalue weighted by molar-refractivity contribution is 0.240. The Kier molecular flexibility index (Phi) is 3.75. The molecule has 1 saturated carbocycles. The molecule has 0 saturated heterocycles. The number of nitriles is 1. The van der Waals surface area contributed by atoms with Gasteiger partial charge in [0.2, 0.25) is 0 Å². The highest BCUT2D eigenvalue weighted by atomic mass is 19.1. The molecule has 1 unspecified atom stereocenters. The summed E-state index contributed by atoms with van der Waals surface area (Å²) in [5.41, 5.74) is 1.30. The molecule has 0 aromatic heterocycles. The van der Waals surface area contributed by atoms with Gasteiger partial charge in [-0.1, -0.05) is 6.42 Å². The summed E-state index contributed by atoms with van der Waals surface area (Å²) < 4.78 is 13.1. The molecule has 1 aromatic carbocycles. The highest BCUT2D eigenvalue weighted by molar-refractivity contribution is 5.37. The van der Waals surface area contributed by atoms with Crippen LogP contribution in [0.4, 0.5) is 4.39 Å². The lowest BCUT2D eigenvalue weighted by Gasteiger charge is -2.32. The zero-order valence-corrected chi connectivity index (χ0v) is 10.0. The van der Waals surface area contributed by atoms with Crippen molar-refractivity contribution in [3.8, 4) is 6.07 Å². The van der Waals surface area contributed by atoms with Crippen LogP contribution in [0.25, 0.3) is 0 Å². The van der Waals surface area contributed by atoms with Crippen LogP contribution in [0, 0.1) is 23.1 Å². The molecule has 90 valence electrons. The Balaban J connectivity index is 1.98. The highest BCUT2D eigenvalue weighted by Crippen LogP contribution is 2.29. The molecule has 2 nitrogen and oxygen atoms in total. The number of hydrogen-bond acceptors (Lipinski definition) is 2. The third-order valence-corrected chi connectivity index (χ3v) is 3.66. The monoisotopic (exact) mass is 232 g/mol. The molecule has 1 atom stereocenters. The lowest BCUT2D eigenvalue weighted by Crippen LogP contribution is -2.36. The van der Waals surface area contributed by atoms with E-state index in [2.05, 4.69) is 18.3 Å². The van der Waals surface area contributed by atoms with Crippen molar-refractivity contribution in [1.29, 1.82) is 5.26 Å². The van der Waals surface area contributed by atoms with E-state index in [0.717, 1.165) is 11.5 Å². The number of nitrogens with one attached hydrogen (secondary N) is 1. The predicted molar refractivity (Wildman–Crippen MR) is 64.8 cm³/mol. The van der Waals surface area contributed by atoms with Gasteiger partial charge in [-0.25, -0.2) is 4.39 Å². The molecule has 1 fully saturated rings. The van der Waals surface area contributed by atoms with Gasteiger partial charge < -0.3 is 5.32 Å². The van der Waals surface area contributed by atoms with Crippen LogP contribution in [0.1, 0.15) is 37.3 Å². The number of rotatable bonds is 4. The van der Waals surface area contributed by atoms with Gasteiger partial charge in [-0.15, -0.1) is 0 Å². The Hall–Kier alpha value is -1.40. The maximum atomic E-state index is 13.1. The Morgan fingerprint density at radius 3 is 2.88 bits per heavy atom. The molecule has 0 amide bonds. The van der Waals surface area contributed by atoms with Crippen LogP contribution in [0.15, 0.2) is 18.2 Å². The second-order valence-corrected chi connectivity index (χ2v) is 4.77. The molecule has 1 N–H and O–H groups in total. The largest absolute Gasteiger partial charge is 0.310 e. The fraction of sp³-hybridized carbons (Fsp3) is 0.500. The number of halogens is 1. The van der Waals surface area contributed by atoms with Gasteiger partial charge >= 0.3 is 0 Å². The zero-order valence-electron chi connectivity index (χ0n) is 10.0. The van der Waals surface area contributed by atoms with E-state index in [1.54, 1.807) is 6.07 Å². The summed E-state index contributed by atoms with van der Waals surface area (Å²) in [7, 11) is 0. The van der Waals surface area contributed by atoms with E-state index in [1.165, 1.54) is 31.4 Å². The van der Waals surface area contributed by atoms with E-state index in [0.29, 0.717) is 18.2 Å². The van der Waals surface area contributed by atoms with Crippen molar-refractivity contribution in [3.05, 3.63) is 35.1 Å². The molecule has 0 heterocycles. The van der Waals surface area contributed by atoms with Gasteiger partial charge in [0.05, 0.1) is 11.6 Å². The SMILES string of the molecule is CC(NCc1cc(F)ccc1C#N)C1CCC1. The molecule has 17 heavy (non-hydrogen) atoms. The molecule has 2 rings (SSSR count). The van der Waals surface area contributed by atoms with Crippen molar-refractivity contribution in [1.82, 2.24) is 5.32 Å². The summed E-state index contributed by atoms with van der Waals surface area (Å²) in [6.07, 6.45) is 3.88. The van der Waals surface area contributed by atoms with E-state index < -0.39 is 0 Å². The number of nitrogens with zero attached hydrogens (tertiary/aromatic N) is 1. The maximum absolute atomic E-state index is 13.1. The smallest absolute Gasteiger partial charge is 0.123 e. The first-order valence-electron chi connectivity index (χ1n) is 6.12. The van der Waals surface area contributed by atoms with Crippen LogP contribution < -0.4 is 5.32 Å². The minimum Gasteiger partial charge on any atom is -0.310 e. The standard InChI is InChI=1S/C14H17FN2/c1-10(11-3-2-4-11)17-9-13-7-14(15)6-5-12(13)8-16/h5-7,10-11,17H,2-4,9H2,1H3. The van der Waals surface area contributed by atoms with E-state index in [4.69, 9.17) is 5.26 Å². The van der Waals surface area contributed by atoms with Crippen LogP contribution in [0.5, 0.6) is 0 Å². The number of benzene rings is 1. The van der Waals surface area contributed by atoms with Crippen LogP contribution in [0.2, 0.25) is 0 Å². The average molecular weight is 232 g/mol. The Morgan fingerprint density at radius 2 is 2.29 bits per heavy atom. The van der Waals surface area contributed by atoms with Crippen molar-refractivity contribution in [3.63, 3.8) is 0 Å². The molecule has 3 heteroatoms. The number of hydrogen-bond donors (Lipinski definition) is 1. The second-order valence-electron chi connectivity index (χ2n) is 4.77. The molecular formula is C14H17FN2. The second kappa shape index (κ2) is 5.29. The average Bonchev–Trinajstić information content (AvgIpc) is 2.24. The van der Waals surface area contributed by atoms with Crippen LogP contribution in [0.3, 0.4) is 0 Å². The summed E-state index contributed by atoms with van der Waals surface area (Å²) in [6.45, 7) is 2.73. The van der Waals surface area contributed by atoms with Crippen LogP contribution in [-0.2, 0) is 6.54 Å². The predicted octanol–water partition coefficient (Wildman–Crippen LogP) is 2.98. The van der Waals surface area contributed by atoms with Crippen molar-refractivity contribution in [2.45, 2.75) is 38.8 Å². The molecule has 0 spiro atoms. The van der Waals surface area contributed by atoms with Gasteiger partial charge in [0, 0.05) is 12.6 Å². The van der Waals surface area contributed by atoms with Crippen molar-refractivity contribution < 1.29 is 4.39 Å². The summed E-state index contributed by atoms with van der Waals surface area (Å²) in [4.78, 5) is 0. The lowest BCUT2D eigenvalue weighted by atomic mass is 9.80. The third kappa shape index (κ3) is 2.83. The summed E-state index contributed by atoms with van der Waals surface area (Å²) in [5, 5.41) is 12.3. The van der Waals surface area contributed by atoms with Crippen molar-refractivity contribution in [2.24, 2.45) is 5.92 Å². The van der Waals surface area contributed by atoms with Crippen molar-refractivity contribution in [2.75, 3.05) is 0 Å². The first-order chi connectivity index (χ1) is 8.20. The first-order valence-corrected chi connectivity index (χ1v) is 6.12.